The Balaban J connectivity index is 1.98. The number of hydrogen-bond acceptors (Lipinski definition) is 1. The van der Waals surface area contributed by atoms with Crippen LogP contribution in [0.4, 0.5) is 4.39 Å². The third-order valence-electron chi connectivity index (χ3n) is 3.55. The van der Waals surface area contributed by atoms with Gasteiger partial charge in [-0.1, -0.05) is 64.0 Å². The highest BCUT2D eigenvalue weighted by atomic mass is 79.9. The third-order valence-corrected chi connectivity index (χ3v) is 4.44. The molecule has 0 aliphatic rings. The first-order valence-corrected chi connectivity index (χ1v) is 8.68. The minimum Gasteiger partial charge on any atom is -0.313 e. The van der Waals surface area contributed by atoms with Gasteiger partial charge in [0.15, 0.2) is 0 Å². The predicted molar refractivity (Wildman–Crippen MR) is 88.4 cm³/mol. The van der Waals surface area contributed by atoms with Crippen molar-refractivity contribution in [3.63, 3.8) is 0 Å². The molecule has 0 amide bonds. The number of nitrogens with one attached hydrogen (secondary N) is 1. The van der Waals surface area contributed by atoms with Gasteiger partial charge in [-0.15, -0.1) is 0 Å². The van der Waals surface area contributed by atoms with E-state index in [1.807, 2.05) is 6.07 Å². The lowest BCUT2D eigenvalue weighted by Gasteiger charge is -2.07. The highest BCUT2D eigenvalue weighted by Gasteiger charge is 2.03. The molecule has 0 unspecified atom stereocenters. The van der Waals surface area contributed by atoms with Gasteiger partial charge in [0, 0.05) is 6.54 Å². The Bertz CT molecular complexity index is 368. The molecule has 3 heteroatoms. The molecular formula is C17H27BrFN. The molecule has 1 N–H and O–H groups in total. The molecule has 0 radical (unpaired) electrons. The zero-order valence-corrected chi connectivity index (χ0v) is 14.1. The number of halogens is 2. The first kappa shape index (κ1) is 17.6. The van der Waals surface area contributed by atoms with Crippen LogP contribution in [0.1, 0.15) is 63.9 Å². The quantitative estimate of drug-likeness (QED) is 0.499. The second-order valence-electron chi connectivity index (χ2n) is 5.36. The fraction of sp³-hybridized carbons (Fsp3) is 0.647. The summed E-state index contributed by atoms with van der Waals surface area (Å²) in [4.78, 5) is 0. The fourth-order valence-corrected chi connectivity index (χ4v) is 2.70. The van der Waals surface area contributed by atoms with Crippen molar-refractivity contribution in [2.75, 3.05) is 6.54 Å². The molecule has 0 aliphatic carbocycles. The maximum atomic E-state index is 13.3. The Hall–Kier alpha value is -0.410. The van der Waals surface area contributed by atoms with Crippen molar-refractivity contribution >= 4 is 15.9 Å². The summed E-state index contributed by atoms with van der Waals surface area (Å²) in [6.45, 7) is 4.00. The van der Waals surface area contributed by atoms with Crippen LogP contribution in [-0.4, -0.2) is 6.54 Å². The van der Waals surface area contributed by atoms with Gasteiger partial charge in [0.2, 0.25) is 0 Å². The van der Waals surface area contributed by atoms with Gasteiger partial charge in [-0.05, 0) is 40.5 Å². The van der Waals surface area contributed by atoms with Crippen molar-refractivity contribution < 1.29 is 4.39 Å². The van der Waals surface area contributed by atoms with Gasteiger partial charge in [-0.2, -0.15) is 0 Å². The van der Waals surface area contributed by atoms with Crippen molar-refractivity contribution in [1.82, 2.24) is 5.32 Å². The first-order valence-electron chi connectivity index (χ1n) is 7.89. The minimum atomic E-state index is -0.184. The van der Waals surface area contributed by atoms with Gasteiger partial charge in [0.05, 0.1) is 4.47 Å². The Morgan fingerprint density at radius 2 is 1.65 bits per heavy atom. The van der Waals surface area contributed by atoms with Crippen LogP contribution in [0, 0.1) is 5.82 Å². The summed E-state index contributed by atoms with van der Waals surface area (Å²) in [5.41, 5.74) is 0.990. The van der Waals surface area contributed by atoms with Gasteiger partial charge < -0.3 is 5.32 Å². The molecular weight excluding hydrogens is 317 g/mol. The van der Waals surface area contributed by atoms with Crippen LogP contribution in [0.2, 0.25) is 0 Å². The maximum Gasteiger partial charge on any atom is 0.137 e. The van der Waals surface area contributed by atoms with Crippen LogP contribution < -0.4 is 5.32 Å². The van der Waals surface area contributed by atoms with E-state index in [0.717, 1.165) is 18.7 Å². The van der Waals surface area contributed by atoms with Gasteiger partial charge >= 0.3 is 0 Å². The number of hydrogen-bond donors (Lipinski definition) is 1. The number of unbranched alkanes of at least 4 members (excludes halogenated alkanes) is 7. The zero-order chi connectivity index (χ0) is 14.6. The molecule has 0 saturated carbocycles. The van der Waals surface area contributed by atoms with E-state index in [4.69, 9.17) is 0 Å². The fourth-order valence-electron chi connectivity index (χ4n) is 2.29. The lowest BCUT2D eigenvalue weighted by molar-refractivity contribution is 0.553. The molecule has 1 nitrogen and oxygen atoms in total. The summed E-state index contributed by atoms with van der Waals surface area (Å²) in [6, 6.07) is 5.19. The van der Waals surface area contributed by atoms with Crippen LogP contribution in [0.3, 0.4) is 0 Å². The highest BCUT2D eigenvalue weighted by Crippen LogP contribution is 2.20. The van der Waals surface area contributed by atoms with Crippen molar-refractivity contribution in [3.8, 4) is 0 Å². The molecule has 0 heterocycles. The average molecular weight is 344 g/mol. The van der Waals surface area contributed by atoms with E-state index in [1.165, 1.54) is 57.4 Å². The summed E-state index contributed by atoms with van der Waals surface area (Å²) in [7, 11) is 0. The highest BCUT2D eigenvalue weighted by molar-refractivity contribution is 9.10. The van der Waals surface area contributed by atoms with Crippen molar-refractivity contribution in [2.24, 2.45) is 0 Å². The first-order chi connectivity index (χ1) is 9.75. The number of rotatable bonds is 11. The Morgan fingerprint density at radius 3 is 2.35 bits per heavy atom. The summed E-state index contributed by atoms with van der Waals surface area (Å²) in [6.07, 6.45) is 10.7. The molecule has 0 aliphatic heterocycles. The maximum absolute atomic E-state index is 13.3. The zero-order valence-electron chi connectivity index (χ0n) is 12.6. The monoisotopic (exact) mass is 343 g/mol. The Labute approximate surface area is 131 Å². The molecule has 0 spiro atoms. The van der Waals surface area contributed by atoms with Gasteiger partial charge in [-0.25, -0.2) is 4.39 Å². The van der Waals surface area contributed by atoms with Crippen LogP contribution in [0.25, 0.3) is 0 Å². The minimum absolute atomic E-state index is 0.184. The van der Waals surface area contributed by atoms with Crippen LogP contribution in [0.5, 0.6) is 0 Å². The standard InChI is InChI=1S/C17H27BrFN/c1-2-3-4-5-6-7-8-9-13-20-14-15-11-10-12-16(19)17(15)18/h10-12,20H,2-9,13-14H2,1H3. The van der Waals surface area contributed by atoms with Crippen molar-refractivity contribution in [2.45, 2.75) is 64.8 Å². The van der Waals surface area contributed by atoms with E-state index in [0.29, 0.717) is 4.47 Å². The summed E-state index contributed by atoms with van der Waals surface area (Å²) >= 11 is 3.29. The van der Waals surface area contributed by atoms with Gasteiger partial charge in [0.1, 0.15) is 5.82 Å². The summed E-state index contributed by atoms with van der Waals surface area (Å²) < 4.78 is 13.9. The average Bonchev–Trinajstić information content (AvgIpc) is 2.45. The van der Waals surface area contributed by atoms with E-state index in [1.54, 1.807) is 6.07 Å². The lowest BCUT2D eigenvalue weighted by atomic mass is 10.1. The lowest BCUT2D eigenvalue weighted by Crippen LogP contribution is -2.15. The molecule has 1 aromatic rings. The summed E-state index contributed by atoms with van der Waals surface area (Å²) in [5, 5.41) is 3.38. The third kappa shape index (κ3) is 7.39. The van der Waals surface area contributed by atoms with E-state index in [2.05, 4.69) is 28.2 Å². The Morgan fingerprint density at radius 1 is 1.00 bits per heavy atom. The van der Waals surface area contributed by atoms with Crippen LogP contribution in [-0.2, 0) is 6.54 Å². The van der Waals surface area contributed by atoms with E-state index in [9.17, 15) is 4.39 Å². The van der Waals surface area contributed by atoms with Crippen LogP contribution in [0.15, 0.2) is 22.7 Å². The molecule has 0 bridgehead atoms. The molecule has 1 rings (SSSR count). The van der Waals surface area contributed by atoms with E-state index in [-0.39, 0.29) is 5.82 Å². The normalized spacial score (nSPS) is 10.9. The molecule has 1 aromatic carbocycles. The van der Waals surface area contributed by atoms with Crippen molar-refractivity contribution in [1.29, 1.82) is 0 Å². The second kappa shape index (κ2) is 11.3. The molecule has 20 heavy (non-hydrogen) atoms. The van der Waals surface area contributed by atoms with Gasteiger partial charge in [0.25, 0.3) is 0 Å². The molecule has 114 valence electrons. The number of benzene rings is 1. The predicted octanol–water partition coefficient (Wildman–Crippen LogP) is 5.82. The van der Waals surface area contributed by atoms with Crippen molar-refractivity contribution in [3.05, 3.63) is 34.1 Å². The molecule has 0 saturated heterocycles. The largest absolute Gasteiger partial charge is 0.313 e. The Kier molecular flexibility index (Phi) is 9.94. The van der Waals surface area contributed by atoms with E-state index >= 15 is 0 Å². The molecule has 0 atom stereocenters. The summed E-state index contributed by atoms with van der Waals surface area (Å²) in [5.74, 6) is -0.184. The topological polar surface area (TPSA) is 12.0 Å². The molecule has 0 aromatic heterocycles. The second-order valence-corrected chi connectivity index (χ2v) is 6.16. The SMILES string of the molecule is CCCCCCCCCCNCc1cccc(F)c1Br. The van der Waals surface area contributed by atoms with Crippen LogP contribution >= 0.6 is 15.9 Å². The molecule has 0 fully saturated rings. The van der Waals surface area contributed by atoms with Gasteiger partial charge in [-0.3, -0.25) is 0 Å². The van der Waals surface area contributed by atoms with E-state index < -0.39 is 0 Å². The smallest absolute Gasteiger partial charge is 0.137 e.